The van der Waals surface area contributed by atoms with Crippen LogP contribution < -0.4 is 0 Å². The number of esters is 1. The normalized spacial score (nSPS) is 27.1. The summed E-state index contributed by atoms with van der Waals surface area (Å²) >= 11 is 0. The molecule has 0 bridgehead atoms. The van der Waals surface area contributed by atoms with Crippen molar-refractivity contribution in [2.45, 2.75) is 70.1 Å². The Kier molecular flexibility index (Phi) is 8.54. The van der Waals surface area contributed by atoms with Gasteiger partial charge in [-0.3, -0.25) is 0 Å². The largest absolute Gasteiger partial charge is 0.458 e. The summed E-state index contributed by atoms with van der Waals surface area (Å²) in [5.41, 5.74) is 2.71. The predicted octanol–water partition coefficient (Wildman–Crippen LogP) is 5.77. The number of carbonyl (C=O) groups is 1. The minimum Gasteiger partial charge on any atom is -0.458 e. The average Bonchev–Trinajstić information content (AvgIpc) is 3.41. The smallest absolute Gasteiger partial charge is 0.338 e. The summed E-state index contributed by atoms with van der Waals surface area (Å²) in [5, 5.41) is 10.4. The fourth-order valence-corrected chi connectivity index (χ4v) is 5.16. The van der Waals surface area contributed by atoms with E-state index in [4.69, 9.17) is 14.2 Å². The Morgan fingerprint density at radius 2 is 1.82 bits per heavy atom. The summed E-state index contributed by atoms with van der Waals surface area (Å²) in [6, 6.07) is 17.6. The van der Waals surface area contributed by atoms with Crippen LogP contribution in [0, 0.1) is 11.8 Å². The van der Waals surface area contributed by atoms with Crippen LogP contribution in [0.1, 0.15) is 55.8 Å². The van der Waals surface area contributed by atoms with Gasteiger partial charge in [-0.1, -0.05) is 80.8 Å². The molecular weight excluding hydrogens is 428 g/mol. The lowest BCUT2D eigenvalue weighted by molar-refractivity contribution is -0.118. The van der Waals surface area contributed by atoms with Gasteiger partial charge in [0.15, 0.2) is 6.29 Å². The Bertz CT molecular complexity index is 939. The second kappa shape index (κ2) is 11.8. The Labute approximate surface area is 202 Å². The van der Waals surface area contributed by atoms with E-state index < -0.39 is 6.10 Å². The third-order valence-electron chi connectivity index (χ3n) is 7.06. The molecule has 0 radical (unpaired) electrons. The van der Waals surface area contributed by atoms with Crippen LogP contribution in [-0.2, 0) is 14.2 Å². The average molecular weight is 465 g/mol. The van der Waals surface area contributed by atoms with Gasteiger partial charge in [0.05, 0.1) is 17.8 Å². The van der Waals surface area contributed by atoms with E-state index in [0.717, 1.165) is 43.2 Å². The summed E-state index contributed by atoms with van der Waals surface area (Å²) in [5.74, 6) is -0.115. The Morgan fingerprint density at radius 3 is 2.53 bits per heavy atom. The molecule has 1 saturated carbocycles. The van der Waals surface area contributed by atoms with Crippen LogP contribution in [0.3, 0.4) is 0 Å². The second-order valence-corrected chi connectivity index (χ2v) is 9.39. The molecule has 0 unspecified atom stereocenters. The Balaban J connectivity index is 1.43. The first-order valence-corrected chi connectivity index (χ1v) is 12.5. The molecule has 5 heteroatoms. The van der Waals surface area contributed by atoms with E-state index >= 15 is 0 Å². The molecule has 0 amide bonds. The van der Waals surface area contributed by atoms with Crippen LogP contribution in [0.4, 0.5) is 0 Å². The van der Waals surface area contributed by atoms with Crippen molar-refractivity contribution in [2.24, 2.45) is 11.8 Å². The number of aliphatic hydroxyl groups excluding tert-OH is 1. The van der Waals surface area contributed by atoms with E-state index in [0.29, 0.717) is 12.0 Å². The molecule has 1 heterocycles. The van der Waals surface area contributed by atoms with Crippen molar-refractivity contribution >= 4 is 5.97 Å². The van der Waals surface area contributed by atoms with Gasteiger partial charge in [-0.2, -0.15) is 0 Å². The van der Waals surface area contributed by atoms with Crippen LogP contribution in [-0.4, -0.2) is 42.8 Å². The molecule has 2 aliphatic rings. The van der Waals surface area contributed by atoms with Gasteiger partial charge in [0.2, 0.25) is 0 Å². The molecule has 0 spiro atoms. The first-order chi connectivity index (χ1) is 16.6. The molecule has 5 nitrogen and oxygen atoms in total. The molecule has 1 saturated heterocycles. The first kappa shape index (κ1) is 24.6. The van der Waals surface area contributed by atoms with Crippen LogP contribution >= 0.6 is 0 Å². The maximum absolute atomic E-state index is 13.0. The van der Waals surface area contributed by atoms with Gasteiger partial charge >= 0.3 is 5.97 Å². The molecule has 182 valence electrons. The highest BCUT2D eigenvalue weighted by atomic mass is 16.7. The number of methoxy groups -OCH3 is 1. The quantitative estimate of drug-likeness (QED) is 0.275. The molecule has 1 aliphatic heterocycles. The molecular formula is C29H36O5. The predicted molar refractivity (Wildman–Crippen MR) is 132 cm³/mol. The van der Waals surface area contributed by atoms with Gasteiger partial charge < -0.3 is 19.3 Å². The minimum absolute atomic E-state index is 0.00137. The second-order valence-electron chi connectivity index (χ2n) is 9.39. The van der Waals surface area contributed by atoms with Crippen molar-refractivity contribution in [3.05, 3.63) is 72.3 Å². The van der Waals surface area contributed by atoms with E-state index in [1.165, 1.54) is 0 Å². The van der Waals surface area contributed by atoms with Crippen molar-refractivity contribution in [3.63, 3.8) is 0 Å². The molecule has 2 aromatic rings. The Hall–Kier alpha value is -2.47. The zero-order valence-corrected chi connectivity index (χ0v) is 20.1. The highest BCUT2D eigenvalue weighted by molar-refractivity contribution is 5.90. The van der Waals surface area contributed by atoms with Crippen molar-refractivity contribution in [1.29, 1.82) is 0 Å². The summed E-state index contributed by atoms with van der Waals surface area (Å²) in [6.07, 6.45) is 8.33. The topological polar surface area (TPSA) is 65.0 Å². The Morgan fingerprint density at radius 1 is 1.09 bits per heavy atom. The van der Waals surface area contributed by atoms with Crippen molar-refractivity contribution in [2.75, 3.05) is 7.11 Å². The maximum atomic E-state index is 13.0. The summed E-state index contributed by atoms with van der Waals surface area (Å²) in [6.45, 7) is 2.15. The monoisotopic (exact) mass is 464 g/mol. The molecule has 34 heavy (non-hydrogen) atoms. The molecule has 2 aromatic carbocycles. The number of unbranched alkanes of at least 4 members (excludes halogenated alkanes) is 2. The standard InChI is InChI=1S/C29H36O5/c1-3-4-6-11-23(30)16-17-24-25-18-28(32-2)33-27(25)19-26(24)34-29(31)22-14-12-21(13-15-22)20-9-7-5-8-10-20/h5,7-10,12-17,23-28,30H,3-4,6,11,18-19H2,1-2H3/b17-16+/t23-,24-,25-,26-,27+,28-/m1/s1. The molecule has 1 N–H and O–H groups in total. The first-order valence-electron chi connectivity index (χ1n) is 12.5. The van der Waals surface area contributed by atoms with Gasteiger partial charge in [-0.05, 0) is 35.6 Å². The summed E-state index contributed by atoms with van der Waals surface area (Å²) < 4.78 is 17.4. The van der Waals surface area contributed by atoms with Gasteiger partial charge in [-0.25, -0.2) is 4.79 Å². The third-order valence-corrected chi connectivity index (χ3v) is 7.06. The number of carbonyl (C=O) groups excluding carboxylic acids is 1. The number of benzene rings is 2. The molecule has 1 aliphatic carbocycles. The van der Waals surface area contributed by atoms with Gasteiger partial charge in [0.25, 0.3) is 0 Å². The fourth-order valence-electron chi connectivity index (χ4n) is 5.16. The number of hydrogen-bond donors (Lipinski definition) is 1. The van der Waals surface area contributed by atoms with Crippen molar-refractivity contribution < 1.29 is 24.1 Å². The van der Waals surface area contributed by atoms with E-state index in [-0.39, 0.29) is 36.3 Å². The lowest BCUT2D eigenvalue weighted by Crippen LogP contribution is -2.25. The highest BCUT2D eigenvalue weighted by Crippen LogP contribution is 2.45. The van der Waals surface area contributed by atoms with E-state index in [2.05, 4.69) is 6.92 Å². The van der Waals surface area contributed by atoms with E-state index in [1.807, 2.05) is 66.7 Å². The van der Waals surface area contributed by atoms with Crippen molar-refractivity contribution in [1.82, 2.24) is 0 Å². The van der Waals surface area contributed by atoms with Crippen LogP contribution in [0.5, 0.6) is 0 Å². The molecule has 2 fully saturated rings. The van der Waals surface area contributed by atoms with E-state index in [1.54, 1.807) is 7.11 Å². The van der Waals surface area contributed by atoms with Gasteiger partial charge in [-0.15, -0.1) is 0 Å². The summed E-state index contributed by atoms with van der Waals surface area (Å²) in [7, 11) is 1.66. The SMILES string of the molecule is CCCCC[C@@H](O)/C=C/[C@@H]1[C@H]2C[C@H](OC)O[C@H]2C[C@H]1OC(=O)c1ccc(-c2ccccc2)cc1. The number of aliphatic hydroxyl groups is 1. The molecule has 6 atom stereocenters. The minimum atomic E-state index is -0.479. The third kappa shape index (κ3) is 5.96. The summed E-state index contributed by atoms with van der Waals surface area (Å²) in [4.78, 5) is 13.0. The number of hydrogen-bond acceptors (Lipinski definition) is 5. The fraction of sp³-hybridized carbons (Fsp3) is 0.483. The van der Waals surface area contributed by atoms with Crippen LogP contribution in [0.25, 0.3) is 11.1 Å². The number of rotatable bonds is 10. The number of ether oxygens (including phenoxy) is 3. The number of fused-ring (bicyclic) bond motifs is 1. The lowest BCUT2D eigenvalue weighted by Gasteiger charge is -2.22. The van der Waals surface area contributed by atoms with Crippen LogP contribution in [0.2, 0.25) is 0 Å². The van der Waals surface area contributed by atoms with Gasteiger partial charge in [0.1, 0.15) is 6.10 Å². The molecule has 0 aromatic heterocycles. The zero-order chi connectivity index (χ0) is 23.9. The van der Waals surface area contributed by atoms with Crippen LogP contribution in [0.15, 0.2) is 66.7 Å². The van der Waals surface area contributed by atoms with E-state index in [9.17, 15) is 9.90 Å². The molecule has 4 rings (SSSR count). The van der Waals surface area contributed by atoms with Gasteiger partial charge in [0, 0.05) is 25.9 Å². The van der Waals surface area contributed by atoms with Crippen molar-refractivity contribution in [3.8, 4) is 11.1 Å². The maximum Gasteiger partial charge on any atom is 0.338 e. The zero-order valence-electron chi connectivity index (χ0n) is 20.1. The highest BCUT2D eigenvalue weighted by Gasteiger charge is 2.50. The lowest BCUT2D eigenvalue weighted by atomic mass is 9.91.